The summed E-state index contributed by atoms with van der Waals surface area (Å²) in [5.74, 6) is -0.0278. The van der Waals surface area contributed by atoms with Crippen molar-refractivity contribution in [1.29, 1.82) is 5.26 Å². The fourth-order valence-electron chi connectivity index (χ4n) is 2.33. The lowest BCUT2D eigenvalue weighted by atomic mass is 10.2. The predicted octanol–water partition coefficient (Wildman–Crippen LogP) is 3.13. The molecule has 0 atom stereocenters. The van der Waals surface area contributed by atoms with E-state index in [1.54, 1.807) is 24.3 Å². The maximum absolute atomic E-state index is 12.0. The molecular weight excluding hydrogens is 394 g/mol. The first-order chi connectivity index (χ1) is 14.1. The van der Waals surface area contributed by atoms with Crippen LogP contribution in [0.1, 0.15) is 12.5 Å². The number of anilines is 1. The molecule has 3 rings (SSSR count). The van der Waals surface area contributed by atoms with Crippen molar-refractivity contribution in [3.63, 3.8) is 0 Å². The molecule has 0 bridgehead atoms. The second kappa shape index (κ2) is 9.52. The van der Waals surface area contributed by atoms with Crippen molar-refractivity contribution in [2.45, 2.75) is 6.92 Å². The largest absolute Gasteiger partial charge is 0.494 e. The smallest absolute Gasteiger partial charge is 0.344 e. The minimum Gasteiger partial charge on any atom is -0.494 e. The van der Waals surface area contributed by atoms with E-state index in [0.717, 1.165) is 16.0 Å². The van der Waals surface area contributed by atoms with Gasteiger partial charge in [0.2, 0.25) is 0 Å². The number of nitrogens with zero attached hydrogens (tertiary/aromatic N) is 2. The molecule has 8 nitrogen and oxygen atoms in total. The SMILES string of the molecule is CCOc1ccc2nc(NC(=O)COC(=O)COc3ccc(C#N)cc3)sc2c1. The highest BCUT2D eigenvalue weighted by Crippen LogP contribution is 2.29. The summed E-state index contributed by atoms with van der Waals surface area (Å²) in [5, 5.41) is 11.7. The van der Waals surface area contributed by atoms with Crippen LogP contribution in [0, 0.1) is 11.3 Å². The van der Waals surface area contributed by atoms with Crippen LogP contribution in [0.3, 0.4) is 0 Å². The van der Waals surface area contributed by atoms with Gasteiger partial charge in [-0.2, -0.15) is 5.26 Å². The average Bonchev–Trinajstić information content (AvgIpc) is 3.12. The van der Waals surface area contributed by atoms with Gasteiger partial charge in [0.1, 0.15) is 11.5 Å². The maximum atomic E-state index is 12.0. The van der Waals surface area contributed by atoms with Crippen LogP contribution < -0.4 is 14.8 Å². The number of ether oxygens (including phenoxy) is 3. The highest BCUT2D eigenvalue weighted by molar-refractivity contribution is 7.22. The van der Waals surface area contributed by atoms with E-state index >= 15 is 0 Å². The first kappa shape index (κ1) is 20.1. The van der Waals surface area contributed by atoms with E-state index in [-0.39, 0.29) is 6.61 Å². The Morgan fingerprint density at radius 3 is 2.59 bits per heavy atom. The molecule has 9 heteroatoms. The number of fused-ring (bicyclic) bond motifs is 1. The first-order valence-corrected chi connectivity index (χ1v) is 9.51. The standard InChI is InChI=1S/C20H17N3O5S/c1-2-26-15-7-8-16-17(9-15)29-20(22-16)23-18(24)11-28-19(25)12-27-14-5-3-13(10-21)4-6-14/h3-9H,2,11-12H2,1H3,(H,22,23,24). The van der Waals surface area contributed by atoms with Crippen LogP contribution in [0.2, 0.25) is 0 Å². The van der Waals surface area contributed by atoms with Gasteiger partial charge in [0, 0.05) is 0 Å². The van der Waals surface area contributed by atoms with E-state index in [2.05, 4.69) is 10.3 Å². The molecule has 0 saturated carbocycles. The Morgan fingerprint density at radius 1 is 1.10 bits per heavy atom. The van der Waals surface area contributed by atoms with Gasteiger partial charge >= 0.3 is 5.97 Å². The average molecular weight is 411 g/mol. The molecule has 148 valence electrons. The summed E-state index contributed by atoms with van der Waals surface area (Å²) in [7, 11) is 0. The summed E-state index contributed by atoms with van der Waals surface area (Å²) in [6, 6.07) is 13.8. The van der Waals surface area contributed by atoms with Crippen molar-refractivity contribution in [3.8, 4) is 17.6 Å². The number of benzene rings is 2. The summed E-state index contributed by atoms with van der Waals surface area (Å²) < 4.78 is 16.5. The fraction of sp³-hybridized carbons (Fsp3) is 0.200. The minimum atomic E-state index is -0.685. The Bertz CT molecular complexity index is 1060. The lowest BCUT2D eigenvalue weighted by Gasteiger charge is -2.06. The van der Waals surface area contributed by atoms with Crippen LogP contribution in [0.15, 0.2) is 42.5 Å². The molecule has 1 amide bonds. The predicted molar refractivity (Wildman–Crippen MR) is 107 cm³/mol. The number of esters is 1. The summed E-state index contributed by atoms with van der Waals surface area (Å²) in [6.07, 6.45) is 0. The molecule has 0 aliphatic heterocycles. The van der Waals surface area contributed by atoms with Crippen molar-refractivity contribution < 1.29 is 23.8 Å². The lowest BCUT2D eigenvalue weighted by Crippen LogP contribution is -2.23. The number of amides is 1. The second-order valence-electron chi connectivity index (χ2n) is 5.72. The van der Waals surface area contributed by atoms with Crippen LogP contribution in [-0.2, 0) is 14.3 Å². The number of nitrogens with one attached hydrogen (secondary N) is 1. The molecule has 0 fully saturated rings. The Balaban J connectivity index is 1.45. The molecule has 0 saturated heterocycles. The number of carbonyl (C=O) groups is 2. The van der Waals surface area contributed by atoms with E-state index in [1.807, 2.05) is 31.2 Å². The number of thiazole rings is 1. The molecule has 2 aromatic carbocycles. The molecule has 1 heterocycles. The van der Waals surface area contributed by atoms with Crippen LogP contribution in [-0.4, -0.2) is 36.7 Å². The van der Waals surface area contributed by atoms with Crippen LogP contribution >= 0.6 is 11.3 Å². The quantitative estimate of drug-likeness (QED) is 0.567. The number of rotatable bonds is 8. The number of nitriles is 1. The molecule has 29 heavy (non-hydrogen) atoms. The van der Waals surface area contributed by atoms with Gasteiger partial charge in [-0.25, -0.2) is 9.78 Å². The fourth-order valence-corrected chi connectivity index (χ4v) is 3.24. The van der Waals surface area contributed by atoms with E-state index in [4.69, 9.17) is 19.5 Å². The van der Waals surface area contributed by atoms with Crippen molar-refractivity contribution >= 4 is 38.6 Å². The van der Waals surface area contributed by atoms with Gasteiger partial charge in [-0.15, -0.1) is 0 Å². The zero-order valence-corrected chi connectivity index (χ0v) is 16.3. The number of hydrogen-bond acceptors (Lipinski definition) is 8. The third kappa shape index (κ3) is 5.67. The second-order valence-corrected chi connectivity index (χ2v) is 6.75. The molecule has 0 aliphatic carbocycles. The van der Waals surface area contributed by atoms with Gasteiger partial charge in [0.15, 0.2) is 18.3 Å². The maximum Gasteiger partial charge on any atom is 0.344 e. The van der Waals surface area contributed by atoms with Gasteiger partial charge in [0.05, 0.1) is 28.5 Å². The van der Waals surface area contributed by atoms with Gasteiger partial charge in [0.25, 0.3) is 5.91 Å². The van der Waals surface area contributed by atoms with Crippen molar-refractivity contribution in [3.05, 3.63) is 48.0 Å². The van der Waals surface area contributed by atoms with Crippen LogP contribution in [0.25, 0.3) is 10.2 Å². The lowest BCUT2D eigenvalue weighted by molar-refractivity contribution is -0.149. The molecule has 0 aliphatic rings. The Labute approximate surface area is 170 Å². The monoisotopic (exact) mass is 411 g/mol. The van der Waals surface area contributed by atoms with Crippen molar-refractivity contribution in [2.24, 2.45) is 0 Å². The van der Waals surface area contributed by atoms with Crippen LogP contribution in [0.5, 0.6) is 11.5 Å². The van der Waals surface area contributed by atoms with Crippen molar-refractivity contribution in [1.82, 2.24) is 4.98 Å². The number of hydrogen-bond donors (Lipinski definition) is 1. The van der Waals surface area contributed by atoms with E-state index in [0.29, 0.717) is 23.1 Å². The zero-order valence-electron chi connectivity index (χ0n) is 15.5. The van der Waals surface area contributed by atoms with Crippen molar-refractivity contribution in [2.75, 3.05) is 25.1 Å². The highest BCUT2D eigenvalue weighted by atomic mass is 32.1. The Hall–Kier alpha value is -3.64. The molecule has 1 aromatic heterocycles. The molecule has 0 radical (unpaired) electrons. The van der Waals surface area contributed by atoms with Gasteiger partial charge in [-0.05, 0) is 49.4 Å². The third-order valence-electron chi connectivity index (χ3n) is 3.62. The number of aromatic nitrogens is 1. The topological polar surface area (TPSA) is 111 Å². The minimum absolute atomic E-state index is 0.347. The summed E-state index contributed by atoms with van der Waals surface area (Å²) in [4.78, 5) is 28.0. The van der Waals surface area contributed by atoms with E-state index in [1.165, 1.54) is 11.3 Å². The Morgan fingerprint density at radius 2 is 1.86 bits per heavy atom. The Kier molecular flexibility index (Phi) is 6.60. The highest BCUT2D eigenvalue weighted by Gasteiger charge is 2.12. The molecular formula is C20H17N3O5S. The zero-order chi connectivity index (χ0) is 20.6. The number of carbonyl (C=O) groups excluding carboxylic acids is 2. The van der Waals surface area contributed by atoms with Gasteiger partial charge < -0.3 is 14.2 Å². The first-order valence-electron chi connectivity index (χ1n) is 8.69. The molecule has 0 spiro atoms. The summed E-state index contributed by atoms with van der Waals surface area (Å²) >= 11 is 1.30. The molecule has 3 aromatic rings. The molecule has 1 N–H and O–H groups in total. The van der Waals surface area contributed by atoms with E-state index < -0.39 is 18.5 Å². The van der Waals surface area contributed by atoms with Crippen LogP contribution in [0.4, 0.5) is 5.13 Å². The van der Waals surface area contributed by atoms with Gasteiger partial charge in [-0.1, -0.05) is 11.3 Å². The van der Waals surface area contributed by atoms with E-state index in [9.17, 15) is 9.59 Å². The molecule has 0 unspecified atom stereocenters. The van der Waals surface area contributed by atoms with Gasteiger partial charge in [-0.3, -0.25) is 10.1 Å². The third-order valence-corrected chi connectivity index (χ3v) is 4.56. The summed E-state index contributed by atoms with van der Waals surface area (Å²) in [5.41, 5.74) is 1.22. The summed E-state index contributed by atoms with van der Waals surface area (Å²) in [6.45, 7) is 1.67. The normalized spacial score (nSPS) is 10.2.